The Morgan fingerprint density at radius 3 is 2.52 bits per heavy atom. The highest BCUT2D eigenvalue weighted by Crippen LogP contribution is 2.28. The van der Waals surface area contributed by atoms with Crippen LogP contribution in [-0.2, 0) is 6.42 Å². The molecule has 2 aromatic rings. The van der Waals surface area contributed by atoms with Gasteiger partial charge in [-0.3, -0.25) is 10.1 Å². The number of halogens is 1. The Balaban J connectivity index is 2.13. The largest absolute Gasteiger partial charge is 0.377 e. The van der Waals surface area contributed by atoms with Crippen molar-refractivity contribution < 1.29 is 9.31 Å². The first kappa shape index (κ1) is 15.0. The van der Waals surface area contributed by atoms with Crippen molar-refractivity contribution in [2.45, 2.75) is 26.3 Å². The quantitative estimate of drug-likeness (QED) is 0.666. The normalized spacial score (nSPS) is 12.0. The smallest absolute Gasteiger partial charge is 0.295 e. The highest BCUT2D eigenvalue weighted by Gasteiger charge is 2.18. The zero-order valence-corrected chi connectivity index (χ0v) is 12.0. The van der Waals surface area contributed by atoms with Crippen molar-refractivity contribution in [1.82, 2.24) is 0 Å². The number of rotatable bonds is 5. The predicted octanol–water partition coefficient (Wildman–Crippen LogP) is 4.09. The van der Waals surface area contributed by atoms with E-state index in [1.165, 1.54) is 12.1 Å². The average Bonchev–Trinajstić information content (AvgIpc) is 2.41. The van der Waals surface area contributed by atoms with Gasteiger partial charge < -0.3 is 5.32 Å². The fourth-order valence-corrected chi connectivity index (χ4v) is 2.31. The van der Waals surface area contributed by atoms with Crippen LogP contribution in [0.4, 0.5) is 15.8 Å². The van der Waals surface area contributed by atoms with E-state index in [2.05, 4.69) is 5.32 Å². The first-order chi connectivity index (χ1) is 9.97. The Morgan fingerprint density at radius 2 is 1.90 bits per heavy atom. The van der Waals surface area contributed by atoms with Crippen LogP contribution >= 0.6 is 0 Å². The van der Waals surface area contributed by atoms with Gasteiger partial charge in [-0.1, -0.05) is 24.3 Å². The van der Waals surface area contributed by atoms with Crippen molar-refractivity contribution in [1.29, 1.82) is 0 Å². The topological polar surface area (TPSA) is 55.2 Å². The van der Waals surface area contributed by atoms with Crippen LogP contribution in [0.1, 0.15) is 18.1 Å². The molecule has 5 heteroatoms. The number of hydrogen-bond donors (Lipinski definition) is 1. The number of nitrogens with zero attached hydrogens (tertiary/aromatic N) is 1. The number of benzene rings is 2. The van der Waals surface area contributed by atoms with E-state index in [1.807, 2.05) is 6.92 Å². The molecule has 0 radical (unpaired) electrons. The number of nitrogens with one attached hydrogen (secondary N) is 1. The molecule has 0 saturated heterocycles. The molecule has 1 atom stereocenters. The lowest BCUT2D eigenvalue weighted by molar-refractivity contribution is -0.384. The highest BCUT2D eigenvalue weighted by molar-refractivity contribution is 5.65. The van der Waals surface area contributed by atoms with Gasteiger partial charge in [0.1, 0.15) is 11.5 Å². The van der Waals surface area contributed by atoms with Crippen molar-refractivity contribution in [3.05, 3.63) is 69.5 Å². The molecule has 110 valence electrons. The van der Waals surface area contributed by atoms with E-state index in [-0.39, 0.29) is 22.5 Å². The molecule has 21 heavy (non-hydrogen) atoms. The summed E-state index contributed by atoms with van der Waals surface area (Å²) in [6, 6.07) is 11.5. The zero-order valence-electron chi connectivity index (χ0n) is 12.0. The van der Waals surface area contributed by atoms with Crippen LogP contribution in [0, 0.1) is 22.9 Å². The van der Waals surface area contributed by atoms with Crippen LogP contribution in [0.3, 0.4) is 0 Å². The lowest BCUT2D eigenvalue weighted by Crippen LogP contribution is -2.19. The van der Waals surface area contributed by atoms with Crippen LogP contribution in [0.5, 0.6) is 0 Å². The Labute approximate surface area is 122 Å². The number of aryl methyl sites for hydroxylation is 1. The third-order valence-electron chi connectivity index (χ3n) is 3.28. The Bertz CT molecular complexity index is 641. The highest BCUT2D eigenvalue weighted by atomic mass is 19.1. The minimum absolute atomic E-state index is 0.00374. The predicted molar refractivity (Wildman–Crippen MR) is 81.0 cm³/mol. The van der Waals surface area contributed by atoms with E-state index >= 15 is 0 Å². The maximum Gasteiger partial charge on any atom is 0.295 e. The van der Waals surface area contributed by atoms with Crippen LogP contribution in [0.25, 0.3) is 0 Å². The van der Waals surface area contributed by atoms with Gasteiger partial charge in [0.15, 0.2) is 0 Å². The van der Waals surface area contributed by atoms with Gasteiger partial charge in [0.2, 0.25) is 0 Å². The van der Waals surface area contributed by atoms with Gasteiger partial charge in [0, 0.05) is 11.6 Å². The Hall–Kier alpha value is -2.43. The first-order valence-corrected chi connectivity index (χ1v) is 6.72. The standard InChI is InChI=1S/C16H17FN2O2/c1-11-4-3-5-15(16(11)19(20)21)18-12(2)10-13-6-8-14(17)9-7-13/h3-9,12,18H,10H2,1-2H3. The molecule has 0 heterocycles. The first-order valence-electron chi connectivity index (χ1n) is 6.72. The summed E-state index contributed by atoms with van der Waals surface area (Å²) in [4.78, 5) is 10.8. The Kier molecular flexibility index (Phi) is 4.52. The molecule has 0 aliphatic heterocycles. The van der Waals surface area contributed by atoms with Crippen molar-refractivity contribution in [2.75, 3.05) is 5.32 Å². The average molecular weight is 288 g/mol. The lowest BCUT2D eigenvalue weighted by atomic mass is 10.1. The molecule has 0 saturated carbocycles. The SMILES string of the molecule is Cc1cccc(NC(C)Cc2ccc(F)cc2)c1[N+](=O)[O-]. The molecule has 1 N–H and O–H groups in total. The van der Waals surface area contributed by atoms with Gasteiger partial charge in [-0.25, -0.2) is 4.39 Å². The van der Waals surface area contributed by atoms with E-state index < -0.39 is 0 Å². The molecule has 0 bridgehead atoms. The molecule has 2 rings (SSSR count). The van der Waals surface area contributed by atoms with Crippen LogP contribution < -0.4 is 5.32 Å². The summed E-state index contributed by atoms with van der Waals surface area (Å²) in [5.41, 5.74) is 2.21. The van der Waals surface area contributed by atoms with Crippen molar-refractivity contribution in [3.63, 3.8) is 0 Å². The van der Waals surface area contributed by atoms with Crippen LogP contribution in [-0.4, -0.2) is 11.0 Å². The van der Waals surface area contributed by atoms with Gasteiger partial charge in [0.05, 0.1) is 4.92 Å². The lowest BCUT2D eigenvalue weighted by Gasteiger charge is -2.16. The molecule has 4 nitrogen and oxygen atoms in total. The number of anilines is 1. The second kappa shape index (κ2) is 6.35. The summed E-state index contributed by atoms with van der Waals surface area (Å²) in [7, 11) is 0. The molecule has 0 aliphatic carbocycles. The molecule has 1 unspecified atom stereocenters. The van der Waals surface area contributed by atoms with Crippen molar-refractivity contribution >= 4 is 11.4 Å². The summed E-state index contributed by atoms with van der Waals surface area (Å²) >= 11 is 0. The monoisotopic (exact) mass is 288 g/mol. The van der Waals surface area contributed by atoms with E-state index in [1.54, 1.807) is 37.3 Å². The molecule has 0 fully saturated rings. The molecular formula is C16H17FN2O2. The molecule has 0 aliphatic rings. The summed E-state index contributed by atoms with van der Waals surface area (Å²) in [6.07, 6.45) is 0.658. The minimum atomic E-state index is -0.373. The maximum atomic E-state index is 12.9. The minimum Gasteiger partial charge on any atom is -0.377 e. The third kappa shape index (κ3) is 3.78. The van der Waals surface area contributed by atoms with Gasteiger partial charge in [-0.05, 0) is 44.0 Å². The fourth-order valence-electron chi connectivity index (χ4n) is 2.31. The Morgan fingerprint density at radius 1 is 1.24 bits per heavy atom. The van der Waals surface area contributed by atoms with Gasteiger partial charge in [-0.2, -0.15) is 0 Å². The summed E-state index contributed by atoms with van der Waals surface area (Å²) in [5.74, 6) is -0.270. The van der Waals surface area contributed by atoms with Crippen LogP contribution in [0.2, 0.25) is 0 Å². The zero-order chi connectivity index (χ0) is 15.4. The van der Waals surface area contributed by atoms with E-state index in [0.717, 1.165) is 5.56 Å². The second-order valence-corrected chi connectivity index (χ2v) is 5.10. The summed E-state index contributed by atoms with van der Waals surface area (Å²) in [5, 5.41) is 14.3. The summed E-state index contributed by atoms with van der Waals surface area (Å²) in [6.45, 7) is 3.66. The molecule has 2 aromatic carbocycles. The maximum absolute atomic E-state index is 12.9. The van der Waals surface area contributed by atoms with Gasteiger partial charge >= 0.3 is 0 Å². The van der Waals surface area contributed by atoms with E-state index in [4.69, 9.17) is 0 Å². The molecule has 0 spiro atoms. The molecule has 0 aromatic heterocycles. The van der Waals surface area contributed by atoms with Crippen molar-refractivity contribution in [3.8, 4) is 0 Å². The van der Waals surface area contributed by atoms with Crippen molar-refractivity contribution in [2.24, 2.45) is 0 Å². The number of hydrogen-bond acceptors (Lipinski definition) is 3. The molecular weight excluding hydrogens is 271 g/mol. The second-order valence-electron chi connectivity index (χ2n) is 5.10. The number of nitro groups is 1. The van der Waals surface area contributed by atoms with Gasteiger partial charge in [-0.15, -0.1) is 0 Å². The van der Waals surface area contributed by atoms with Gasteiger partial charge in [0.25, 0.3) is 5.69 Å². The van der Waals surface area contributed by atoms with Crippen LogP contribution in [0.15, 0.2) is 42.5 Å². The molecule has 0 amide bonds. The number of para-hydroxylation sites is 1. The number of nitro benzene ring substituents is 1. The third-order valence-corrected chi connectivity index (χ3v) is 3.28. The van der Waals surface area contributed by atoms with E-state index in [0.29, 0.717) is 17.7 Å². The van der Waals surface area contributed by atoms with E-state index in [9.17, 15) is 14.5 Å². The fraction of sp³-hybridized carbons (Fsp3) is 0.250. The summed E-state index contributed by atoms with van der Waals surface area (Å²) < 4.78 is 12.9.